The highest BCUT2D eigenvalue weighted by atomic mass is 35.7. The predicted octanol–water partition coefficient (Wildman–Crippen LogP) is 4.79. The third-order valence-corrected chi connectivity index (χ3v) is 7.34. The molecule has 2 aliphatic carbocycles. The highest BCUT2D eigenvalue weighted by Gasteiger charge is 2.30. The molecule has 0 spiro atoms. The minimum absolute atomic E-state index is 0.960. The molecule has 2 aliphatic rings. The van der Waals surface area contributed by atoms with Crippen LogP contribution in [0.25, 0.3) is 55.9 Å². The largest absolute Gasteiger partial charge is 0.222 e. The molecule has 3 aromatic carbocycles. The molecule has 1 heterocycles. The number of hydrogen-bond donors (Lipinski definition) is 0. The maximum absolute atomic E-state index is 8.49. The van der Waals surface area contributed by atoms with Gasteiger partial charge in [0.05, 0.1) is 5.56 Å². The van der Waals surface area contributed by atoms with E-state index in [1.807, 2.05) is 0 Å². The van der Waals surface area contributed by atoms with Gasteiger partial charge in [-0.3, -0.25) is 0 Å². The monoisotopic (exact) mass is 589 g/mol. The molecule has 5 nitrogen and oxygen atoms in total. The van der Waals surface area contributed by atoms with Gasteiger partial charge in [0.15, 0.2) is 0 Å². The van der Waals surface area contributed by atoms with Crippen molar-refractivity contribution in [2.75, 3.05) is 0 Å². The summed E-state index contributed by atoms with van der Waals surface area (Å²) < 4.78 is 36.5. The third-order valence-electron chi connectivity index (χ3n) is 7.34. The highest BCUT2D eigenvalue weighted by Crippen LogP contribution is 2.44. The molecule has 1 aromatic heterocycles. The molecule has 43 heavy (non-hydrogen) atoms. The Balaban J connectivity index is 0.000000682. The summed E-state index contributed by atoms with van der Waals surface area (Å²) >= 11 is 0. The van der Waals surface area contributed by atoms with E-state index >= 15 is 0 Å². The van der Waals surface area contributed by atoms with Crippen LogP contribution in [-0.4, -0.2) is 0 Å². The van der Waals surface area contributed by atoms with Crippen LogP contribution in [-0.2, 0) is 6.54 Å². The van der Waals surface area contributed by atoms with E-state index in [2.05, 4.69) is 151 Å². The van der Waals surface area contributed by atoms with Crippen LogP contribution in [0.5, 0.6) is 0 Å². The molecule has 4 aromatic rings. The van der Waals surface area contributed by atoms with Crippen LogP contribution >= 0.6 is 0 Å². The lowest BCUT2D eigenvalue weighted by Crippen LogP contribution is -2.68. The SMILES string of the molecule is CCCC[n+]1c(-c2ccccc2)cc(-c2ccc3cccccc2-3)c(-c2ccccc2)c1-c1ccccc1.[O-][Cl+3]([O-])([O-])[O-]. The zero-order valence-electron chi connectivity index (χ0n) is 23.9. The van der Waals surface area contributed by atoms with Crippen molar-refractivity contribution in [3.63, 3.8) is 0 Å². The van der Waals surface area contributed by atoms with Crippen molar-refractivity contribution >= 4 is 0 Å². The second kappa shape index (κ2) is 13.7. The lowest BCUT2D eigenvalue weighted by molar-refractivity contribution is -2.00. The van der Waals surface area contributed by atoms with Crippen LogP contribution in [0.15, 0.2) is 140 Å². The van der Waals surface area contributed by atoms with Crippen LogP contribution in [0.2, 0.25) is 0 Å². The summed E-state index contributed by atoms with van der Waals surface area (Å²) in [6.07, 6.45) is 2.26. The maximum Gasteiger partial charge on any atom is 0.221 e. The quantitative estimate of drug-likeness (QED) is 0.250. The van der Waals surface area contributed by atoms with Crippen molar-refractivity contribution < 1.29 is 33.4 Å². The zero-order valence-corrected chi connectivity index (χ0v) is 24.6. The average molecular weight is 590 g/mol. The van der Waals surface area contributed by atoms with Gasteiger partial charge in [-0.2, -0.15) is 4.57 Å². The van der Waals surface area contributed by atoms with E-state index in [0.717, 1.165) is 19.4 Å². The van der Waals surface area contributed by atoms with E-state index in [1.54, 1.807) is 0 Å². The van der Waals surface area contributed by atoms with E-state index in [4.69, 9.17) is 18.6 Å². The highest BCUT2D eigenvalue weighted by molar-refractivity contribution is 5.98. The molecule has 6 rings (SSSR count). The molecule has 0 saturated heterocycles. The van der Waals surface area contributed by atoms with Gasteiger partial charge in [-0.15, -0.1) is 10.2 Å². The summed E-state index contributed by atoms with van der Waals surface area (Å²) in [6, 6.07) is 50.5. The minimum atomic E-state index is -4.94. The van der Waals surface area contributed by atoms with Gasteiger partial charge in [-0.05, 0) is 46.5 Å². The molecular formula is C37H32ClNO4. The summed E-state index contributed by atoms with van der Waals surface area (Å²) in [4.78, 5) is 0. The summed E-state index contributed by atoms with van der Waals surface area (Å²) in [7, 11) is -4.94. The average Bonchev–Trinajstić information content (AvgIpc) is 3.27. The molecular weight excluding hydrogens is 558 g/mol. The van der Waals surface area contributed by atoms with E-state index < -0.39 is 10.2 Å². The minimum Gasteiger partial charge on any atom is -0.222 e. The van der Waals surface area contributed by atoms with Crippen LogP contribution < -0.4 is 23.2 Å². The summed E-state index contributed by atoms with van der Waals surface area (Å²) in [5.74, 6) is 0. The Morgan fingerprint density at radius 1 is 0.512 bits per heavy atom. The summed E-state index contributed by atoms with van der Waals surface area (Å²) in [5.41, 5.74) is 12.6. The van der Waals surface area contributed by atoms with E-state index in [9.17, 15) is 0 Å². The smallest absolute Gasteiger partial charge is 0.221 e. The molecule has 216 valence electrons. The molecule has 0 unspecified atom stereocenters. The maximum atomic E-state index is 8.49. The number of hydrogen-bond acceptors (Lipinski definition) is 4. The second-order valence-electron chi connectivity index (χ2n) is 10.2. The van der Waals surface area contributed by atoms with Crippen molar-refractivity contribution in [3.05, 3.63) is 140 Å². The van der Waals surface area contributed by atoms with Gasteiger partial charge in [0.25, 0.3) is 0 Å². The lowest BCUT2D eigenvalue weighted by atomic mass is 9.88. The molecule has 0 saturated carbocycles. The van der Waals surface area contributed by atoms with E-state index in [-0.39, 0.29) is 0 Å². The molecule has 0 N–H and O–H groups in total. The first-order valence-corrected chi connectivity index (χ1v) is 15.5. The predicted molar refractivity (Wildman–Crippen MR) is 160 cm³/mol. The molecule has 0 amide bonds. The van der Waals surface area contributed by atoms with Crippen LogP contribution in [0.3, 0.4) is 0 Å². The second-order valence-corrected chi connectivity index (χ2v) is 10.9. The number of fused-ring (bicyclic) bond motifs is 1. The van der Waals surface area contributed by atoms with Gasteiger partial charge >= 0.3 is 0 Å². The van der Waals surface area contributed by atoms with Crippen molar-refractivity contribution in [3.8, 4) is 55.9 Å². The molecule has 0 fully saturated rings. The number of pyridine rings is 1. The Hall–Kier alpha value is -4.36. The van der Waals surface area contributed by atoms with Gasteiger partial charge in [0, 0.05) is 29.2 Å². The standard InChI is InChI=1S/C37H32N.ClHO4/c1-2-3-26-38-35(29-17-9-4-10-18-29)27-34(33-25-24-28-16-8-7-15-23-32(28)33)36(30-19-11-5-12-20-30)37(38)31-21-13-6-14-22-31;2-1(3,4)5/h4-25,27H,2-3,26H2,1H3;(H,2,3,4,5)/q+1;/p-1. The number of unbranched alkanes of at least 4 members (excludes halogenated alkanes) is 1. The first kappa shape index (κ1) is 30.1. The Kier molecular flexibility index (Phi) is 9.62. The third kappa shape index (κ3) is 7.35. The number of aromatic nitrogens is 1. The summed E-state index contributed by atoms with van der Waals surface area (Å²) in [5, 5.41) is 0. The lowest BCUT2D eigenvalue weighted by Gasteiger charge is -2.19. The molecule has 0 radical (unpaired) electrons. The van der Waals surface area contributed by atoms with Crippen molar-refractivity contribution in [1.29, 1.82) is 0 Å². The van der Waals surface area contributed by atoms with Gasteiger partial charge in [0.1, 0.15) is 6.54 Å². The number of nitrogens with zero attached hydrogens (tertiary/aromatic N) is 1. The fraction of sp³-hybridized carbons (Fsp3) is 0.108. The van der Waals surface area contributed by atoms with Gasteiger partial charge in [-0.25, -0.2) is 18.6 Å². The first-order chi connectivity index (χ1) is 20.8. The van der Waals surface area contributed by atoms with Crippen LogP contribution in [0, 0.1) is 10.2 Å². The normalized spacial score (nSPS) is 11.2. The Labute approximate surface area is 254 Å². The van der Waals surface area contributed by atoms with E-state index in [1.165, 1.54) is 55.9 Å². The summed E-state index contributed by atoms with van der Waals surface area (Å²) in [6.45, 7) is 3.23. The Bertz CT molecular complexity index is 1730. The fourth-order valence-electron chi connectivity index (χ4n) is 5.52. The molecule has 0 atom stereocenters. The first-order valence-electron chi connectivity index (χ1n) is 14.2. The van der Waals surface area contributed by atoms with E-state index in [0.29, 0.717) is 0 Å². The van der Waals surface area contributed by atoms with Crippen molar-refractivity contribution in [1.82, 2.24) is 0 Å². The van der Waals surface area contributed by atoms with Gasteiger partial charge in [-0.1, -0.05) is 123 Å². The number of halogens is 1. The van der Waals surface area contributed by atoms with Crippen molar-refractivity contribution in [2.24, 2.45) is 0 Å². The van der Waals surface area contributed by atoms with Crippen molar-refractivity contribution in [2.45, 2.75) is 26.3 Å². The van der Waals surface area contributed by atoms with Crippen LogP contribution in [0.1, 0.15) is 19.8 Å². The van der Waals surface area contributed by atoms with Gasteiger partial charge < -0.3 is 0 Å². The zero-order chi connectivity index (χ0) is 30.2. The van der Waals surface area contributed by atoms with Gasteiger partial charge in [0.2, 0.25) is 11.4 Å². The topological polar surface area (TPSA) is 96.1 Å². The van der Waals surface area contributed by atoms with Crippen LogP contribution in [0.4, 0.5) is 0 Å². The number of rotatable bonds is 7. The fourth-order valence-corrected chi connectivity index (χ4v) is 5.52. The molecule has 6 heteroatoms. The Morgan fingerprint density at radius 3 is 1.56 bits per heavy atom. The number of benzene rings is 3. The molecule has 0 aliphatic heterocycles. The Morgan fingerprint density at radius 2 is 1.00 bits per heavy atom. The molecule has 0 bridgehead atoms.